The maximum absolute atomic E-state index is 12.6. The zero-order valence-corrected chi connectivity index (χ0v) is 8.92. The fraction of sp³-hybridized carbons (Fsp3) is 0.417. The fourth-order valence-electron chi connectivity index (χ4n) is 1.32. The first kappa shape index (κ1) is 11.9. The molecule has 0 amide bonds. The van der Waals surface area contributed by atoms with E-state index in [1.807, 2.05) is 6.92 Å². The summed E-state index contributed by atoms with van der Waals surface area (Å²) in [5, 5.41) is 3.09. The number of nitrogens with one attached hydrogen (secondary N) is 1. The molecule has 0 heterocycles. The van der Waals surface area contributed by atoms with Crippen LogP contribution in [0.2, 0.25) is 0 Å². The Kier molecular flexibility index (Phi) is 4.98. The molecule has 1 aromatic rings. The van der Waals surface area contributed by atoms with Gasteiger partial charge in [0.15, 0.2) is 0 Å². The van der Waals surface area contributed by atoms with E-state index in [-0.39, 0.29) is 11.6 Å². The van der Waals surface area contributed by atoms with Crippen molar-refractivity contribution in [3.05, 3.63) is 35.6 Å². The van der Waals surface area contributed by atoms with E-state index >= 15 is 0 Å². The second-order valence-electron chi connectivity index (χ2n) is 3.45. The molecule has 0 saturated heterocycles. The van der Waals surface area contributed by atoms with E-state index in [1.54, 1.807) is 12.1 Å². The molecular weight excluding hydrogens is 193 g/mol. The van der Waals surface area contributed by atoms with Crippen LogP contribution in [0, 0.1) is 5.82 Å². The lowest BCUT2D eigenvalue weighted by Gasteiger charge is -2.02. The smallest absolute Gasteiger partial charge is 0.138 e. The molecule has 1 rings (SSSR count). The molecule has 3 heteroatoms. The van der Waals surface area contributed by atoms with Crippen LogP contribution < -0.4 is 5.32 Å². The molecule has 0 aliphatic carbocycles. The van der Waals surface area contributed by atoms with Gasteiger partial charge in [-0.05, 0) is 24.2 Å². The molecule has 82 valence electrons. The first-order valence-corrected chi connectivity index (χ1v) is 5.19. The zero-order valence-electron chi connectivity index (χ0n) is 8.92. The average Bonchev–Trinajstić information content (AvgIpc) is 2.22. The lowest BCUT2D eigenvalue weighted by molar-refractivity contribution is -0.118. The van der Waals surface area contributed by atoms with Crippen LogP contribution in [0.15, 0.2) is 24.3 Å². The Bertz CT molecular complexity index is 308. The van der Waals surface area contributed by atoms with E-state index in [4.69, 9.17) is 0 Å². The lowest BCUT2D eigenvalue weighted by Crippen LogP contribution is -2.18. The molecule has 0 saturated carbocycles. The normalized spacial score (nSPS) is 10.3. The summed E-state index contributed by atoms with van der Waals surface area (Å²) >= 11 is 0. The van der Waals surface area contributed by atoms with Crippen molar-refractivity contribution < 1.29 is 9.18 Å². The van der Waals surface area contributed by atoms with Crippen LogP contribution in [0.4, 0.5) is 4.39 Å². The molecule has 0 bridgehead atoms. The summed E-state index contributed by atoms with van der Waals surface area (Å²) in [5.74, 6) is -0.0820. The second-order valence-corrected chi connectivity index (χ2v) is 3.45. The Balaban J connectivity index is 2.34. The standard InChI is InChI=1S/C12H16FNO/c1-2-14-8-7-12(15)9-10-3-5-11(13)6-4-10/h3-6,14H,2,7-9H2,1H3. The third kappa shape index (κ3) is 4.70. The first-order valence-electron chi connectivity index (χ1n) is 5.19. The van der Waals surface area contributed by atoms with Gasteiger partial charge in [0.1, 0.15) is 11.6 Å². The number of carbonyl (C=O) groups is 1. The van der Waals surface area contributed by atoms with Gasteiger partial charge in [-0.25, -0.2) is 4.39 Å². The van der Waals surface area contributed by atoms with Crippen molar-refractivity contribution in [3.8, 4) is 0 Å². The van der Waals surface area contributed by atoms with Crippen molar-refractivity contribution in [2.75, 3.05) is 13.1 Å². The van der Waals surface area contributed by atoms with Gasteiger partial charge in [-0.1, -0.05) is 19.1 Å². The highest BCUT2D eigenvalue weighted by molar-refractivity contribution is 5.80. The van der Waals surface area contributed by atoms with Gasteiger partial charge < -0.3 is 5.32 Å². The zero-order chi connectivity index (χ0) is 11.1. The van der Waals surface area contributed by atoms with Gasteiger partial charge >= 0.3 is 0 Å². The number of rotatable bonds is 6. The Morgan fingerprint density at radius 1 is 1.33 bits per heavy atom. The summed E-state index contributed by atoms with van der Waals surface area (Å²) < 4.78 is 12.6. The van der Waals surface area contributed by atoms with E-state index in [1.165, 1.54) is 12.1 Å². The van der Waals surface area contributed by atoms with Crippen molar-refractivity contribution >= 4 is 5.78 Å². The first-order chi connectivity index (χ1) is 7.22. The molecule has 0 unspecified atom stereocenters. The summed E-state index contributed by atoms with van der Waals surface area (Å²) in [5.41, 5.74) is 0.873. The highest BCUT2D eigenvalue weighted by Crippen LogP contribution is 2.04. The lowest BCUT2D eigenvalue weighted by atomic mass is 10.1. The Morgan fingerprint density at radius 2 is 2.00 bits per heavy atom. The van der Waals surface area contributed by atoms with Crippen molar-refractivity contribution in [3.63, 3.8) is 0 Å². The van der Waals surface area contributed by atoms with Gasteiger partial charge in [0, 0.05) is 19.4 Å². The maximum atomic E-state index is 12.6. The largest absolute Gasteiger partial charge is 0.317 e. The molecule has 1 aromatic carbocycles. The molecule has 0 fully saturated rings. The highest BCUT2D eigenvalue weighted by atomic mass is 19.1. The maximum Gasteiger partial charge on any atom is 0.138 e. The quantitative estimate of drug-likeness (QED) is 0.725. The van der Waals surface area contributed by atoms with Crippen molar-refractivity contribution in [2.45, 2.75) is 19.8 Å². The molecule has 0 aromatic heterocycles. The van der Waals surface area contributed by atoms with Crippen molar-refractivity contribution in [1.82, 2.24) is 5.32 Å². The van der Waals surface area contributed by atoms with Crippen LogP contribution in [0.5, 0.6) is 0 Å². The van der Waals surface area contributed by atoms with Crippen LogP contribution in [-0.4, -0.2) is 18.9 Å². The Hall–Kier alpha value is -1.22. The van der Waals surface area contributed by atoms with Crippen LogP contribution in [0.25, 0.3) is 0 Å². The van der Waals surface area contributed by atoms with Gasteiger partial charge in [-0.2, -0.15) is 0 Å². The predicted molar refractivity (Wildman–Crippen MR) is 58.3 cm³/mol. The number of carbonyl (C=O) groups excluding carboxylic acids is 1. The SMILES string of the molecule is CCNCCC(=O)Cc1ccc(F)cc1. The number of hydrogen-bond acceptors (Lipinski definition) is 2. The van der Waals surface area contributed by atoms with Gasteiger partial charge in [-0.3, -0.25) is 4.79 Å². The molecule has 0 aliphatic rings. The minimum Gasteiger partial charge on any atom is -0.317 e. The molecule has 0 spiro atoms. The highest BCUT2D eigenvalue weighted by Gasteiger charge is 2.03. The summed E-state index contributed by atoms with van der Waals surface area (Å²) in [6, 6.07) is 6.07. The Morgan fingerprint density at radius 3 is 2.60 bits per heavy atom. The monoisotopic (exact) mass is 209 g/mol. The fourth-order valence-corrected chi connectivity index (χ4v) is 1.32. The molecule has 0 atom stereocenters. The summed E-state index contributed by atoms with van der Waals surface area (Å²) in [7, 11) is 0. The van der Waals surface area contributed by atoms with E-state index in [2.05, 4.69) is 5.32 Å². The molecule has 0 aliphatic heterocycles. The average molecular weight is 209 g/mol. The van der Waals surface area contributed by atoms with E-state index < -0.39 is 0 Å². The number of hydrogen-bond donors (Lipinski definition) is 1. The predicted octanol–water partition coefficient (Wildman–Crippen LogP) is 1.94. The molecular formula is C12H16FNO. The van der Waals surface area contributed by atoms with Crippen LogP contribution in [0.3, 0.4) is 0 Å². The van der Waals surface area contributed by atoms with Crippen molar-refractivity contribution in [1.29, 1.82) is 0 Å². The minimum atomic E-state index is -0.265. The molecule has 0 radical (unpaired) electrons. The minimum absolute atomic E-state index is 0.183. The Labute approximate surface area is 89.5 Å². The molecule has 2 nitrogen and oxygen atoms in total. The molecule has 1 N–H and O–H groups in total. The summed E-state index contributed by atoms with van der Waals surface area (Å²) in [6.07, 6.45) is 0.927. The van der Waals surface area contributed by atoms with Gasteiger partial charge in [-0.15, -0.1) is 0 Å². The summed E-state index contributed by atoms with van der Waals surface area (Å²) in [4.78, 5) is 11.4. The van der Waals surface area contributed by atoms with E-state index in [0.29, 0.717) is 12.8 Å². The van der Waals surface area contributed by atoms with E-state index in [0.717, 1.165) is 18.7 Å². The summed E-state index contributed by atoms with van der Waals surface area (Å²) in [6.45, 7) is 3.60. The van der Waals surface area contributed by atoms with Gasteiger partial charge in [0.05, 0.1) is 0 Å². The van der Waals surface area contributed by atoms with Gasteiger partial charge in [0.2, 0.25) is 0 Å². The van der Waals surface area contributed by atoms with Crippen LogP contribution in [-0.2, 0) is 11.2 Å². The van der Waals surface area contributed by atoms with E-state index in [9.17, 15) is 9.18 Å². The number of ketones is 1. The third-order valence-corrected chi connectivity index (χ3v) is 2.15. The van der Waals surface area contributed by atoms with Crippen molar-refractivity contribution in [2.24, 2.45) is 0 Å². The number of Topliss-reactive ketones (excluding diaryl/α,β-unsaturated/α-hetero) is 1. The van der Waals surface area contributed by atoms with Crippen LogP contribution >= 0.6 is 0 Å². The second kappa shape index (κ2) is 6.30. The van der Waals surface area contributed by atoms with Gasteiger partial charge in [0.25, 0.3) is 0 Å². The number of benzene rings is 1. The third-order valence-electron chi connectivity index (χ3n) is 2.15. The topological polar surface area (TPSA) is 29.1 Å². The molecule has 15 heavy (non-hydrogen) atoms. The number of halogens is 1. The van der Waals surface area contributed by atoms with Crippen LogP contribution in [0.1, 0.15) is 18.9 Å².